The van der Waals surface area contributed by atoms with Gasteiger partial charge in [0.1, 0.15) is 0 Å². The fraction of sp³-hybridized carbons (Fsp3) is 0.222. The van der Waals surface area contributed by atoms with Gasteiger partial charge in [-0.1, -0.05) is 6.07 Å². The van der Waals surface area contributed by atoms with E-state index in [2.05, 4.69) is 4.72 Å². The zero-order valence-electron chi connectivity index (χ0n) is 8.60. The summed E-state index contributed by atoms with van der Waals surface area (Å²) in [5.41, 5.74) is 6.22. The van der Waals surface area contributed by atoms with Crippen LogP contribution in [0.1, 0.15) is 15.9 Å². The van der Waals surface area contributed by atoms with Gasteiger partial charge in [-0.2, -0.15) is 0 Å². The standard InChI is InChI=1S/C9H12N2O4S/c1-16(14,15)11-5-6-2-3-7(9(12)13)8(10)4-6/h2-4,11H,5,10H2,1H3,(H,12,13). The van der Waals surface area contributed by atoms with Gasteiger partial charge in [0, 0.05) is 12.2 Å². The van der Waals surface area contributed by atoms with Crippen molar-refractivity contribution in [3.05, 3.63) is 29.3 Å². The van der Waals surface area contributed by atoms with Crippen molar-refractivity contribution in [3.8, 4) is 0 Å². The van der Waals surface area contributed by atoms with Gasteiger partial charge in [0.25, 0.3) is 0 Å². The molecule has 1 rings (SSSR count). The lowest BCUT2D eigenvalue weighted by Crippen LogP contribution is -2.21. The summed E-state index contributed by atoms with van der Waals surface area (Å²) in [4.78, 5) is 10.7. The Hall–Kier alpha value is -1.60. The monoisotopic (exact) mass is 244 g/mol. The fourth-order valence-electron chi connectivity index (χ4n) is 1.13. The van der Waals surface area contributed by atoms with E-state index in [1.165, 1.54) is 18.2 Å². The molecule has 0 aromatic heterocycles. The number of hydrogen-bond donors (Lipinski definition) is 3. The summed E-state index contributed by atoms with van der Waals surface area (Å²) in [7, 11) is -3.27. The topological polar surface area (TPSA) is 109 Å². The number of sulfonamides is 1. The van der Waals surface area contributed by atoms with E-state index in [0.717, 1.165) is 6.26 Å². The number of carboxylic acids is 1. The highest BCUT2D eigenvalue weighted by Gasteiger charge is 2.08. The second-order valence-electron chi connectivity index (χ2n) is 3.32. The van der Waals surface area contributed by atoms with Crippen molar-refractivity contribution in [2.24, 2.45) is 0 Å². The van der Waals surface area contributed by atoms with Gasteiger partial charge in [0.2, 0.25) is 10.0 Å². The maximum Gasteiger partial charge on any atom is 0.337 e. The van der Waals surface area contributed by atoms with Crippen molar-refractivity contribution < 1.29 is 18.3 Å². The molecule has 88 valence electrons. The van der Waals surface area contributed by atoms with Gasteiger partial charge >= 0.3 is 5.97 Å². The average Bonchev–Trinajstić information content (AvgIpc) is 2.13. The number of nitrogens with two attached hydrogens (primary N) is 1. The SMILES string of the molecule is CS(=O)(=O)NCc1ccc(C(=O)O)c(N)c1. The van der Waals surface area contributed by atoms with Crippen molar-refractivity contribution in [3.63, 3.8) is 0 Å². The van der Waals surface area contributed by atoms with Crippen molar-refractivity contribution in [1.82, 2.24) is 4.72 Å². The maximum absolute atomic E-state index is 10.8. The van der Waals surface area contributed by atoms with Crippen LogP contribution in [0.5, 0.6) is 0 Å². The third kappa shape index (κ3) is 3.52. The molecule has 0 fully saturated rings. The Kier molecular flexibility index (Phi) is 3.51. The molecule has 4 N–H and O–H groups in total. The van der Waals surface area contributed by atoms with Gasteiger partial charge in [0.05, 0.1) is 11.8 Å². The lowest BCUT2D eigenvalue weighted by atomic mass is 10.1. The number of carboxylic acid groups (broad SMARTS) is 1. The van der Waals surface area contributed by atoms with Crippen LogP contribution in [-0.2, 0) is 16.6 Å². The minimum atomic E-state index is -3.27. The highest BCUT2D eigenvalue weighted by molar-refractivity contribution is 7.88. The van der Waals surface area contributed by atoms with Crippen LogP contribution in [0, 0.1) is 0 Å². The van der Waals surface area contributed by atoms with Crippen molar-refractivity contribution in [2.75, 3.05) is 12.0 Å². The van der Waals surface area contributed by atoms with E-state index in [1.807, 2.05) is 0 Å². The lowest BCUT2D eigenvalue weighted by Gasteiger charge is -2.05. The number of nitrogens with one attached hydrogen (secondary N) is 1. The molecule has 0 aliphatic rings. The van der Waals surface area contributed by atoms with Crippen LogP contribution in [0.3, 0.4) is 0 Å². The summed E-state index contributed by atoms with van der Waals surface area (Å²) in [6.45, 7) is 0.0862. The van der Waals surface area contributed by atoms with E-state index in [4.69, 9.17) is 10.8 Å². The highest BCUT2D eigenvalue weighted by atomic mass is 32.2. The lowest BCUT2D eigenvalue weighted by molar-refractivity contribution is 0.0698. The second kappa shape index (κ2) is 4.50. The molecule has 0 aliphatic heterocycles. The molecule has 0 radical (unpaired) electrons. The summed E-state index contributed by atoms with van der Waals surface area (Å²) in [6.07, 6.45) is 1.04. The van der Waals surface area contributed by atoms with E-state index in [9.17, 15) is 13.2 Å². The summed E-state index contributed by atoms with van der Waals surface area (Å²) in [5.74, 6) is -1.11. The molecule has 0 spiro atoms. The second-order valence-corrected chi connectivity index (χ2v) is 5.15. The predicted molar refractivity (Wildman–Crippen MR) is 59.5 cm³/mol. The predicted octanol–water partition coefficient (Wildman–Crippen LogP) is 0.0162. The van der Waals surface area contributed by atoms with Crippen LogP contribution < -0.4 is 10.5 Å². The molecule has 0 heterocycles. The third-order valence-electron chi connectivity index (χ3n) is 1.88. The van der Waals surface area contributed by atoms with E-state index < -0.39 is 16.0 Å². The number of hydrogen-bond acceptors (Lipinski definition) is 4. The molecule has 0 atom stereocenters. The molecule has 6 nitrogen and oxygen atoms in total. The van der Waals surface area contributed by atoms with E-state index in [1.54, 1.807) is 0 Å². The average molecular weight is 244 g/mol. The first-order valence-corrected chi connectivity index (χ1v) is 6.25. The Morgan fingerprint density at radius 3 is 2.56 bits per heavy atom. The molecule has 0 aliphatic carbocycles. The molecule has 7 heteroatoms. The van der Waals surface area contributed by atoms with E-state index >= 15 is 0 Å². The number of anilines is 1. The largest absolute Gasteiger partial charge is 0.478 e. The summed E-state index contributed by atoms with van der Waals surface area (Å²) >= 11 is 0. The molecular weight excluding hydrogens is 232 g/mol. The van der Waals surface area contributed by atoms with Gasteiger partial charge < -0.3 is 10.8 Å². The Bertz CT molecular complexity index is 510. The quantitative estimate of drug-likeness (QED) is 0.647. The number of nitrogen functional groups attached to an aromatic ring is 1. The summed E-state index contributed by atoms with van der Waals surface area (Å²) in [5, 5.41) is 8.72. The van der Waals surface area contributed by atoms with Crippen molar-refractivity contribution in [2.45, 2.75) is 6.54 Å². The van der Waals surface area contributed by atoms with Crippen LogP contribution in [0.25, 0.3) is 0 Å². The van der Waals surface area contributed by atoms with E-state index in [-0.39, 0.29) is 17.8 Å². The van der Waals surface area contributed by atoms with Crippen LogP contribution in [0.15, 0.2) is 18.2 Å². The molecule has 16 heavy (non-hydrogen) atoms. The Morgan fingerprint density at radius 2 is 2.12 bits per heavy atom. The number of carbonyl (C=O) groups is 1. The van der Waals surface area contributed by atoms with Gasteiger partial charge in [-0.25, -0.2) is 17.9 Å². The molecule has 1 aromatic rings. The first-order chi connectivity index (χ1) is 7.29. The highest BCUT2D eigenvalue weighted by Crippen LogP contribution is 2.14. The Balaban J connectivity index is 2.86. The Morgan fingerprint density at radius 1 is 1.50 bits per heavy atom. The molecular formula is C9H12N2O4S. The van der Waals surface area contributed by atoms with Gasteiger partial charge in [-0.15, -0.1) is 0 Å². The summed E-state index contributed by atoms with van der Waals surface area (Å²) < 4.78 is 23.9. The number of rotatable bonds is 4. The first kappa shape index (κ1) is 12.5. The molecule has 0 unspecified atom stereocenters. The van der Waals surface area contributed by atoms with E-state index in [0.29, 0.717) is 5.56 Å². The van der Waals surface area contributed by atoms with Gasteiger partial charge in [-0.3, -0.25) is 0 Å². The van der Waals surface area contributed by atoms with Gasteiger partial charge in [-0.05, 0) is 17.7 Å². The van der Waals surface area contributed by atoms with Crippen LogP contribution in [0.2, 0.25) is 0 Å². The minimum Gasteiger partial charge on any atom is -0.478 e. The molecule has 0 saturated carbocycles. The molecule has 0 saturated heterocycles. The molecule has 0 amide bonds. The van der Waals surface area contributed by atoms with Crippen LogP contribution >= 0.6 is 0 Å². The third-order valence-corrected chi connectivity index (χ3v) is 2.55. The van der Waals surface area contributed by atoms with Crippen molar-refractivity contribution in [1.29, 1.82) is 0 Å². The fourth-order valence-corrected chi connectivity index (χ4v) is 1.56. The first-order valence-electron chi connectivity index (χ1n) is 4.36. The normalized spacial score (nSPS) is 11.3. The maximum atomic E-state index is 10.8. The van der Waals surface area contributed by atoms with Crippen molar-refractivity contribution >= 4 is 21.7 Å². The van der Waals surface area contributed by atoms with Crippen LogP contribution in [-0.4, -0.2) is 25.7 Å². The smallest absolute Gasteiger partial charge is 0.337 e. The number of benzene rings is 1. The number of aromatic carboxylic acids is 1. The Labute approximate surface area is 93.1 Å². The molecule has 0 bridgehead atoms. The zero-order valence-corrected chi connectivity index (χ0v) is 9.41. The van der Waals surface area contributed by atoms with Crippen LogP contribution in [0.4, 0.5) is 5.69 Å². The molecule has 1 aromatic carbocycles. The minimum absolute atomic E-state index is 0.00288. The van der Waals surface area contributed by atoms with Gasteiger partial charge in [0.15, 0.2) is 0 Å². The summed E-state index contributed by atoms with van der Waals surface area (Å²) in [6, 6.07) is 4.29. The zero-order chi connectivity index (χ0) is 12.3.